The molecule has 4 aromatic carbocycles. The van der Waals surface area contributed by atoms with Crippen LogP contribution < -0.4 is 14.2 Å². The molecule has 12 nitrogen and oxygen atoms in total. The van der Waals surface area contributed by atoms with Crippen molar-refractivity contribution < 1.29 is 57.1 Å². The molecule has 0 aliphatic heterocycles. The molecule has 0 spiro atoms. The van der Waals surface area contributed by atoms with Gasteiger partial charge in [0.15, 0.2) is 0 Å². The van der Waals surface area contributed by atoms with Crippen molar-refractivity contribution in [2.45, 2.75) is 12.8 Å². The van der Waals surface area contributed by atoms with Crippen LogP contribution in [0, 0.1) is 0 Å². The van der Waals surface area contributed by atoms with E-state index in [9.17, 15) is 24.0 Å². The van der Waals surface area contributed by atoms with Crippen molar-refractivity contribution in [2.75, 3.05) is 39.6 Å². The Kier molecular flexibility index (Phi) is 15.5. The fourth-order valence-electron chi connectivity index (χ4n) is 4.46. The summed E-state index contributed by atoms with van der Waals surface area (Å²) in [7, 11) is 0. The number of unbranched alkanes of at least 4 members (excludes halogenated alkanes) is 1. The normalized spacial score (nSPS) is 10.3. The summed E-state index contributed by atoms with van der Waals surface area (Å²) < 4.78 is 36.8. The summed E-state index contributed by atoms with van der Waals surface area (Å²) in [4.78, 5) is 59.7. The van der Waals surface area contributed by atoms with Crippen LogP contribution in [-0.2, 0) is 28.5 Å². The highest BCUT2D eigenvalue weighted by Gasteiger charge is 2.13. The van der Waals surface area contributed by atoms with Gasteiger partial charge in [0.1, 0.15) is 30.5 Å². The molecule has 0 fully saturated rings. The van der Waals surface area contributed by atoms with Gasteiger partial charge in [0.05, 0.1) is 43.1 Å². The molecule has 0 unspecified atom stereocenters. The van der Waals surface area contributed by atoms with Gasteiger partial charge in [0, 0.05) is 12.2 Å². The summed E-state index contributed by atoms with van der Waals surface area (Å²) in [6.07, 6.45) is 3.30. The van der Waals surface area contributed by atoms with Gasteiger partial charge >= 0.3 is 29.8 Å². The lowest BCUT2D eigenvalue weighted by molar-refractivity contribution is -0.139. The van der Waals surface area contributed by atoms with Gasteiger partial charge in [-0.25, -0.2) is 24.0 Å². The van der Waals surface area contributed by atoms with E-state index in [1.54, 1.807) is 72.8 Å². The molecular weight excluding hydrogens is 684 g/mol. The zero-order valence-electron chi connectivity index (χ0n) is 28.9. The highest BCUT2D eigenvalue weighted by Crippen LogP contribution is 2.24. The summed E-state index contributed by atoms with van der Waals surface area (Å²) in [6.45, 7) is 7.97. The Hall–Kier alpha value is -6.53. The van der Waals surface area contributed by atoms with E-state index in [4.69, 9.17) is 33.2 Å². The minimum atomic E-state index is -0.589. The van der Waals surface area contributed by atoms with E-state index in [-0.39, 0.29) is 51.0 Å². The van der Waals surface area contributed by atoms with E-state index < -0.39 is 29.8 Å². The average molecular weight is 723 g/mol. The van der Waals surface area contributed by atoms with Gasteiger partial charge in [0.25, 0.3) is 0 Å². The molecule has 53 heavy (non-hydrogen) atoms. The van der Waals surface area contributed by atoms with Gasteiger partial charge in [-0.1, -0.05) is 37.4 Å². The molecule has 0 saturated carbocycles. The van der Waals surface area contributed by atoms with Crippen molar-refractivity contribution in [3.63, 3.8) is 0 Å². The lowest BCUT2D eigenvalue weighted by Gasteiger charge is -2.09. The third kappa shape index (κ3) is 13.3. The fraction of sp³-hybridized carbons (Fsp3) is 0.195. The Bertz CT molecular complexity index is 1850. The average Bonchev–Trinajstić information content (AvgIpc) is 3.19. The van der Waals surface area contributed by atoms with Crippen LogP contribution in [0.3, 0.4) is 0 Å². The molecule has 0 aromatic heterocycles. The Morgan fingerprint density at radius 2 is 0.830 bits per heavy atom. The lowest BCUT2D eigenvalue weighted by atomic mass is 10.0. The number of benzene rings is 4. The predicted octanol–water partition coefficient (Wildman–Crippen LogP) is 6.58. The first-order valence-electron chi connectivity index (χ1n) is 16.6. The second-order valence-electron chi connectivity index (χ2n) is 11.0. The largest absolute Gasteiger partial charge is 0.491 e. The number of rotatable bonds is 20. The van der Waals surface area contributed by atoms with E-state index in [1.165, 1.54) is 24.3 Å². The number of carbonyl (C=O) groups is 5. The van der Waals surface area contributed by atoms with E-state index in [1.807, 2.05) is 0 Å². The van der Waals surface area contributed by atoms with Crippen LogP contribution in [0.4, 0.5) is 0 Å². The summed E-state index contributed by atoms with van der Waals surface area (Å²) in [5.41, 5.74) is 2.66. The third-order valence-electron chi connectivity index (χ3n) is 7.23. The minimum absolute atomic E-state index is 0.120. The SMILES string of the molecule is C=CC(=O)OCCCCOC(=O)c1ccc(-c2ccc(OC(=O)c3ccc(OC(=O)c4ccc(OCCOCCOC(=O)C=C)cc4)cc3)cc2)cc1. The maximum atomic E-state index is 12.8. The predicted molar refractivity (Wildman–Crippen MR) is 193 cm³/mol. The van der Waals surface area contributed by atoms with Crippen LogP contribution >= 0.6 is 0 Å². The molecule has 0 bridgehead atoms. The van der Waals surface area contributed by atoms with E-state index in [0.29, 0.717) is 35.5 Å². The van der Waals surface area contributed by atoms with Crippen molar-refractivity contribution in [3.8, 4) is 28.4 Å². The summed E-state index contributed by atoms with van der Waals surface area (Å²) in [5.74, 6) is -1.51. The Labute approximate surface area is 306 Å². The third-order valence-corrected chi connectivity index (χ3v) is 7.23. The Balaban J connectivity index is 1.17. The molecule has 0 atom stereocenters. The second-order valence-corrected chi connectivity index (χ2v) is 11.0. The van der Waals surface area contributed by atoms with E-state index in [2.05, 4.69) is 13.2 Å². The van der Waals surface area contributed by atoms with Crippen LogP contribution in [0.5, 0.6) is 17.2 Å². The molecule has 0 saturated heterocycles. The van der Waals surface area contributed by atoms with Crippen molar-refractivity contribution in [2.24, 2.45) is 0 Å². The van der Waals surface area contributed by atoms with Crippen LogP contribution in [0.15, 0.2) is 122 Å². The van der Waals surface area contributed by atoms with Gasteiger partial charge in [-0.15, -0.1) is 0 Å². The molecule has 0 heterocycles. The van der Waals surface area contributed by atoms with Crippen molar-refractivity contribution in [3.05, 3.63) is 139 Å². The second kappa shape index (κ2) is 21.0. The smallest absolute Gasteiger partial charge is 0.343 e. The molecule has 0 radical (unpaired) electrons. The first-order chi connectivity index (χ1) is 25.7. The summed E-state index contributed by atoms with van der Waals surface area (Å²) in [5, 5.41) is 0. The van der Waals surface area contributed by atoms with Crippen molar-refractivity contribution in [1.82, 2.24) is 0 Å². The molecular formula is C41H38O12. The maximum Gasteiger partial charge on any atom is 0.343 e. The number of ether oxygens (including phenoxy) is 7. The zero-order valence-corrected chi connectivity index (χ0v) is 28.9. The molecule has 12 heteroatoms. The fourth-order valence-corrected chi connectivity index (χ4v) is 4.46. The molecule has 274 valence electrons. The van der Waals surface area contributed by atoms with Crippen LogP contribution in [0.2, 0.25) is 0 Å². The molecule has 0 aliphatic carbocycles. The standard InChI is InChI=1S/C41H38O12/c1-3-37(42)49-23-5-6-24-51-39(44)31-9-7-29(8-10-31)30-11-19-35(20-12-30)52-41(46)33-15-21-36(22-16-33)53-40(45)32-13-17-34(18-14-32)48-27-25-47-26-28-50-38(43)4-2/h3-4,7-22H,1-2,5-6,23-28H2. The Morgan fingerprint density at radius 3 is 1.36 bits per heavy atom. The van der Waals surface area contributed by atoms with E-state index in [0.717, 1.165) is 23.3 Å². The van der Waals surface area contributed by atoms with Crippen LogP contribution in [-0.4, -0.2) is 69.5 Å². The molecule has 0 aliphatic rings. The molecule has 4 rings (SSSR count). The topological polar surface area (TPSA) is 150 Å². The number of carbonyl (C=O) groups excluding carboxylic acids is 5. The van der Waals surface area contributed by atoms with E-state index >= 15 is 0 Å². The van der Waals surface area contributed by atoms with Gasteiger partial charge in [0.2, 0.25) is 0 Å². The summed E-state index contributed by atoms with van der Waals surface area (Å²) in [6, 6.07) is 26.2. The van der Waals surface area contributed by atoms with Gasteiger partial charge < -0.3 is 33.2 Å². The molecule has 0 amide bonds. The van der Waals surface area contributed by atoms with Gasteiger partial charge in [-0.05, 0) is 96.8 Å². The maximum absolute atomic E-state index is 12.8. The Morgan fingerprint density at radius 1 is 0.434 bits per heavy atom. The minimum Gasteiger partial charge on any atom is -0.491 e. The van der Waals surface area contributed by atoms with Crippen molar-refractivity contribution in [1.29, 1.82) is 0 Å². The molecule has 4 aromatic rings. The first-order valence-corrected chi connectivity index (χ1v) is 16.6. The lowest BCUT2D eigenvalue weighted by Crippen LogP contribution is -2.12. The highest BCUT2D eigenvalue weighted by atomic mass is 16.6. The van der Waals surface area contributed by atoms with Gasteiger partial charge in [-0.2, -0.15) is 0 Å². The van der Waals surface area contributed by atoms with Crippen molar-refractivity contribution >= 4 is 29.8 Å². The zero-order chi connectivity index (χ0) is 37.8. The monoisotopic (exact) mass is 722 g/mol. The first kappa shape index (κ1) is 39.3. The number of hydrogen-bond donors (Lipinski definition) is 0. The number of hydrogen-bond acceptors (Lipinski definition) is 12. The van der Waals surface area contributed by atoms with Gasteiger partial charge in [-0.3, -0.25) is 0 Å². The highest BCUT2D eigenvalue weighted by molar-refractivity contribution is 5.93. The van der Waals surface area contributed by atoms with Crippen LogP contribution in [0.25, 0.3) is 11.1 Å². The van der Waals surface area contributed by atoms with Crippen LogP contribution in [0.1, 0.15) is 43.9 Å². The quantitative estimate of drug-likeness (QED) is 0.0319. The molecule has 0 N–H and O–H groups in total. The number of esters is 5. The summed E-state index contributed by atoms with van der Waals surface area (Å²) >= 11 is 0.